The van der Waals surface area contributed by atoms with E-state index in [1.54, 1.807) is 23.7 Å². The molecule has 0 bridgehead atoms. The molecule has 0 heterocycles. The number of amides is 1. The van der Waals surface area contributed by atoms with Gasteiger partial charge in [-0.15, -0.1) is 11.8 Å². The Balaban J connectivity index is 1.71. The van der Waals surface area contributed by atoms with E-state index in [4.69, 9.17) is 0 Å². The molecule has 110 valence electrons. The van der Waals surface area contributed by atoms with Crippen LogP contribution in [0.5, 0.6) is 0 Å². The van der Waals surface area contributed by atoms with Gasteiger partial charge in [-0.1, -0.05) is 43.2 Å². The Morgan fingerprint density at radius 2 is 1.95 bits per heavy atom. The normalized spacial score (nSPS) is 17.1. The first-order chi connectivity index (χ1) is 9.59. The minimum absolute atomic E-state index is 0.103. The molecule has 1 aromatic rings. The third-order valence-electron chi connectivity index (χ3n) is 3.83. The standard InChI is InChI=1S/C16H23NO2S/c1-17(13-16(19)9-5-6-10-16)15(18)12-20-11-14-7-3-2-4-8-14/h2-4,7-8,19H,5-6,9-13H2,1H3. The number of benzene rings is 1. The van der Waals surface area contributed by atoms with E-state index in [-0.39, 0.29) is 5.91 Å². The van der Waals surface area contributed by atoms with Gasteiger partial charge in [-0.25, -0.2) is 0 Å². The van der Waals surface area contributed by atoms with Crippen LogP contribution in [0.4, 0.5) is 0 Å². The van der Waals surface area contributed by atoms with Crippen molar-refractivity contribution in [1.29, 1.82) is 0 Å². The number of carbonyl (C=O) groups excluding carboxylic acids is 1. The summed E-state index contributed by atoms with van der Waals surface area (Å²) in [4.78, 5) is 13.7. The summed E-state index contributed by atoms with van der Waals surface area (Å²) in [5.41, 5.74) is 0.594. The van der Waals surface area contributed by atoms with Crippen LogP contribution in [-0.2, 0) is 10.5 Å². The lowest BCUT2D eigenvalue weighted by atomic mass is 10.0. The summed E-state index contributed by atoms with van der Waals surface area (Å²) in [6.45, 7) is 0.470. The number of hydrogen-bond acceptors (Lipinski definition) is 3. The van der Waals surface area contributed by atoms with Crippen molar-refractivity contribution in [2.24, 2.45) is 0 Å². The molecule has 1 aliphatic rings. The van der Waals surface area contributed by atoms with Crippen LogP contribution in [0, 0.1) is 0 Å². The second kappa shape index (κ2) is 7.14. The summed E-state index contributed by atoms with van der Waals surface area (Å²) in [5, 5.41) is 10.3. The molecular formula is C16H23NO2S. The van der Waals surface area contributed by atoms with Crippen molar-refractivity contribution in [3.8, 4) is 0 Å². The van der Waals surface area contributed by atoms with Gasteiger partial charge in [0.25, 0.3) is 0 Å². The third kappa shape index (κ3) is 4.53. The highest BCUT2D eigenvalue weighted by Crippen LogP contribution is 2.30. The van der Waals surface area contributed by atoms with Crippen molar-refractivity contribution in [2.45, 2.75) is 37.0 Å². The van der Waals surface area contributed by atoms with Crippen LogP contribution < -0.4 is 0 Å². The summed E-state index contributed by atoms with van der Waals surface area (Å²) < 4.78 is 0. The van der Waals surface area contributed by atoms with Gasteiger partial charge in [0.05, 0.1) is 11.4 Å². The SMILES string of the molecule is CN(CC1(O)CCCC1)C(=O)CSCc1ccccc1. The van der Waals surface area contributed by atoms with E-state index >= 15 is 0 Å². The smallest absolute Gasteiger partial charge is 0.232 e. The van der Waals surface area contributed by atoms with E-state index < -0.39 is 5.60 Å². The van der Waals surface area contributed by atoms with Gasteiger partial charge in [-0.05, 0) is 18.4 Å². The zero-order valence-corrected chi connectivity index (χ0v) is 12.9. The summed E-state index contributed by atoms with van der Waals surface area (Å²) in [5.74, 6) is 1.43. The monoisotopic (exact) mass is 293 g/mol. The van der Waals surface area contributed by atoms with Gasteiger partial charge < -0.3 is 10.0 Å². The average Bonchev–Trinajstić information content (AvgIpc) is 2.86. The molecule has 0 spiro atoms. The molecule has 1 aliphatic carbocycles. The predicted octanol–water partition coefficient (Wildman–Crippen LogP) is 2.68. The maximum absolute atomic E-state index is 12.1. The number of rotatable bonds is 6. The van der Waals surface area contributed by atoms with E-state index in [9.17, 15) is 9.90 Å². The molecule has 1 amide bonds. The van der Waals surface area contributed by atoms with E-state index in [0.29, 0.717) is 12.3 Å². The highest BCUT2D eigenvalue weighted by Gasteiger charge is 2.33. The number of likely N-dealkylation sites (N-methyl/N-ethyl adjacent to an activating group) is 1. The molecule has 0 unspecified atom stereocenters. The molecule has 0 atom stereocenters. The van der Waals surface area contributed by atoms with Gasteiger partial charge in [0, 0.05) is 19.3 Å². The second-order valence-electron chi connectivity index (χ2n) is 5.66. The lowest BCUT2D eigenvalue weighted by molar-refractivity contribution is -0.130. The molecule has 0 aliphatic heterocycles. The molecule has 0 radical (unpaired) electrons. The summed E-state index contributed by atoms with van der Waals surface area (Å²) >= 11 is 1.63. The van der Waals surface area contributed by atoms with Gasteiger partial charge >= 0.3 is 0 Å². The van der Waals surface area contributed by atoms with Crippen molar-refractivity contribution in [1.82, 2.24) is 4.90 Å². The number of thioether (sulfide) groups is 1. The van der Waals surface area contributed by atoms with Gasteiger partial charge in [-0.2, -0.15) is 0 Å². The number of nitrogens with zero attached hydrogens (tertiary/aromatic N) is 1. The highest BCUT2D eigenvalue weighted by molar-refractivity contribution is 7.99. The molecule has 1 saturated carbocycles. The molecule has 1 fully saturated rings. The molecular weight excluding hydrogens is 270 g/mol. The molecule has 0 saturated heterocycles. The van der Waals surface area contributed by atoms with Gasteiger partial charge in [0.1, 0.15) is 0 Å². The lowest BCUT2D eigenvalue weighted by Gasteiger charge is -2.28. The first kappa shape index (κ1) is 15.4. The molecule has 2 rings (SSSR count). The Morgan fingerprint density at radius 3 is 2.60 bits per heavy atom. The Bertz CT molecular complexity index is 429. The zero-order valence-electron chi connectivity index (χ0n) is 12.0. The maximum atomic E-state index is 12.1. The quantitative estimate of drug-likeness (QED) is 0.876. The van der Waals surface area contributed by atoms with Crippen LogP contribution in [0.2, 0.25) is 0 Å². The van der Waals surface area contributed by atoms with Gasteiger partial charge in [0.2, 0.25) is 5.91 Å². The first-order valence-electron chi connectivity index (χ1n) is 7.17. The number of carbonyl (C=O) groups is 1. The second-order valence-corrected chi connectivity index (χ2v) is 6.65. The number of aliphatic hydroxyl groups is 1. The fourth-order valence-corrected chi connectivity index (χ4v) is 3.59. The fourth-order valence-electron chi connectivity index (χ4n) is 2.66. The van der Waals surface area contributed by atoms with Crippen molar-refractivity contribution < 1.29 is 9.90 Å². The topological polar surface area (TPSA) is 40.5 Å². The van der Waals surface area contributed by atoms with Crippen LogP contribution >= 0.6 is 11.8 Å². The summed E-state index contributed by atoms with van der Waals surface area (Å²) in [7, 11) is 1.79. The molecule has 0 aromatic heterocycles. The van der Waals surface area contributed by atoms with Gasteiger partial charge in [0.15, 0.2) is 0 Å². The van der Waals surface area contributed by atoms with Crippen LogP contribution in [0.15, 0.2) is 30.3 Å². The van der Waals surface area contributed by atoms with Crippen molar-refractivity contribution >= 4 is 17.7 Å². The van der Waals surface area contributed by atoms with E-state index in [1.165, 1.54) is 5.56 Å². The lowest BCUT2D eigenvalue weighted by Crippen LogP contribution is -2.42. The van der Waals surface area contributed by atoms with Crippen molar-refractivity contribution in [3.05, 3.63) is 35.9 Å². The third-order valence-corrected chi connectivity index (χ3v) is 4.82. The van der Waals surface area contributed by atoms with Crippen LogP contribution in [0.25, 0.3) is 0 Å². The zero-order chi connectivity index (χ0) is 14.4. The van der Waals surface area contributed by atoms with Crippen LogP contribution in [0.1, 0.15) is 31.2 Å². The Hall–Kier alpha value is -1.00. The number of hydrogen-bond donors (Lipinski definition) is 1. The van der Waals surface area contributed by atoms with Gasteiger partial charge in [-0.3, -0.25) is 4.79 Å². The first-order valence-corrected chi connectivity index (χ1v) is 8.33. The average molecular weight is 293 g/mol. The molecule has 1 N–H and O–H groups in total. The minimum Gasteiger partial charge on any atom is -0.388 e. The van der Waals surface area contributed by atoms with E-state index in [2.05, 4.69) is 12.1 Å². The Morgan fingerprint density at radius 1 is 1.30 bits per heavy atom. The largest absolute Gasteiger partial charge is 0.388 e. The molecule has 3 nitrogen and oxygen atoms in total. The van der Waals surface area contributed by atoms with Crippen molar-refractivity contribution in [2.75, 3.05) is 19.3 Å². The molecule has 20 heavy (non-hydrogen) atoms. The summed E-state index contributed by atoms with van der Waals surface area (Å²) in [6, 6.07) is 10.2. The highest BCUT2D eigenvalue weighted by atomic mass is 32.2. The molecule has 4 heteroatoms. The molecule has 1 aromatic carbocycles. The van der Waals surface area contributed by atoms with Crippen molar-refractivity contribution in [3.63, 3.8) is 0 Å². The minimum atomic E-state index is -0.644. The Kier molecular flexibility index (Phi) is 5.49. The van der Waals surface area contributed by atoms with E-state index in [1.807, 2.05) is 18.2 Å². The van der Waals surface area contributed by atoms with Crippen LogP contribution in [0.3, 0.4) is 0 Å². The maximum Gasteiger partial charge on any atom is 0.232 e. The predicted molar refractivity (Wildman–Crippen MR) is 83.7 cm³/mol. The van der Waals surface area contributed by atoms with Crippen LogP contribution in [-0.4, -0.2) is 40.9 Å². The fraction of sp³-hybridized carbons (Fsp3) is 0.562. The Labute approximate surface area is 125 Å². The summed E-state index contributed by atoms with van der Waals surface area (Å²) in [6.07, 6.45) is 3.78. The van der Waals surface area contributed by atoms with E-state index in [0.717, 1.165) is 31.4 Å².